The Morgan fingerprint density at radius 2 is 1.89 bits per heavy atom. The number of aliphatic imine (C=N–C) groups is 1. The number of hydrogen-bond donors (Lipinski definition) is 2. The Morgan fingerprint density at radius 1 is 1.22 bits per heavy atom. The van der Waals surface area contributed by atoms with Gasteiger partial charge in [-0.05, 0) is 37.8 Å². The zero-order valence-electron chi connectivity index (χ0n) is 16.7. The van der Waals surface area contributed by atoms with Crippen molar-refractivity contribution in [3.63, 3.8) is 0 Å². The summed E-state index contributed by atoms with van der Waals surface area (Å²) in [6.07, 6.45) is 2.32. The first kappa shape index (κ1) is 24.1. The van der Waals surface area contributed by atoms with Gasteiger partial charge in [0.15, 0.2) is 5.96 Å². The molecule has 1 aliphatic heterocycles. The Labute approximate surface area is 180 Å². The average Bonchev–Trinajstić information content (AvgIpc) is 2.66. The number of halogens is 1. The van der Waals surface area contributed by atoms with E-state index in [4.69, 9.17) is 14.2 Å². The van der Waals surface area contributed by atoms with Crippen molar-refractivity contribution in [2.24, 2.45) is 4.99 Å². The second kappa shape index (κ2) is 14.1. The molecule has 6 nitrogen and oxygen atoms in total. The molecule has 1 unspecified atom stereocenters. The molecule has 154 valence electrons. The molecule has 0 aliphatic carbocycles. The predicted molar refractivity (Wildman–Crippen MR) is 120 cm³/mol. The van der Waals surface area contributed by atoms with Gasteiger partial charge in [-0.25, -0.2) is 4.99 Å². The molecule has 1 heterocycles. The molecule has 0 amide bonds. The minimum Gasteiger partial charge on any atom is -0.383 e. The summed E-state index contributed by atoms with van der Waals surface area (Å²) in [6, 6.07) is 8.70. The molecule has 0 radical (unpaired) electrons. The summed E-state index contributed by atoms with van der Waals surface area (Å²) in [5, 5.41) is 6.60. The van der Waals surface area contributed by atoms with E-state index in [1.807, 2.05) is 0 Å². The molecule has 1 aliphatic rings. The van der Waals surface area contributed by atoms with E-state index in [0.29, 0.717) is 25.9 Å². The van der Waals surface area contributed by atoms with Gasteiger partial charge in [-0.1, -0.05) is 24.3 Å². The van der Waals surface area contributed by atoms with Crippen LogP contribution >= 0.6 is 24.0 Å². The highest BCUT2D eigenvalue weighted by molar-refractivity contribution is 14.0. The molecule has 7 heteroatoms. The van der Waals surface area contributed by atoms with Crippen LogP contribution in [-0.4, -0.2) is 51.6 Å². The lowest BCUT2D eigenvalue weighted by molar-refractivity contribution is -0.0390. The maximum atomic E-state index is 5.97. The van der Waals surface area contributed by atoms with E-state index in [-0.39, 0.29) is 30.0 Å². The van der Waals surface area contributed by atoms with Crippen LogP contribution in [0.1, 0.15) is 37.8 Å². The number of nitrogens with one attached hydrogen (secondary N) is 2. The van der Waals surface area contributed by atoms with Crippen LogP contribution in [0.3, 0.4) is 0 Å². The molecular weight excluding hydrogens is 457 g/mol. The summed E-state index contributed by atoms with van der Waals surface area (Å²) < 4.78 is 16.5. The quantitative estimate of drug-likeness (QED) is 0.316. The van der Waals surface area contributed by atoms with Crippen molar-refractivity contribution in [1.82, 2.24) is 10.6 Å². The zero-order valence-corrected chi connectivity index (χ0v) is 19.0. The number of benzene rings is 1. The van der Waals surface area contributed by atoms with Crippen molar-refractivity contribution in [3.8, 4) is 0 Å². The van der Waals surface area contributed by atoms with Crippen molar-refractivity contribution < 1.29 is 14.2 Å². The van der Waals surface area contributed by atoms with E-state index in [1.165, 1.54) is 11.1 Å². The first-order chi connectivity index (χ1) is 12.7. The maximum Gasteiger partial charge on any atom is 0.191 e. The Morgan fingerprint density at radius 3 is 2.52 bits per heavy atom. The van der Waals surface area contributed by atoms with E-state index < -0.39 is 0 Å². The number of methoxy groups -OCH3 is 1. The van der Waals surface area contributed by atoms with Gasteiger partial charge in [0, 0.05) is 32.9 Å². The molecule has 1 saturated heterocycles. The Balaban J connectivity index is 0.00000364. The molecule has 1 aromatic carbocycles. The predicted octanol–water partition coefficient (Wildman–Crippen LogP) is 3.09. The van der Waals surface area contributed by atoms with Crippen LogP contribution < -0.4 is 10.6 Å². The lowest BCUT2D eigenvalue weighted by Crippen LogP contribution is -2.43. The fourth-order valence-corrected chi connectivity index (χ4v) is 2.81. The van der Waals surface area contributed by atoms with E-state index in [1.54, 1.807) is 7.11 Å². The topological polar surface area (TPSA) is 64.1 Å². The minimum absolute atomic E-state index is 0. The molecule has 27 heavy (non-hydrogen) atoms. The van der Waals surface area contributed by atoms with Gasteiger partial charge in [-0.15, -0.1) is 24.0 Å². The first-order valence-electron chi connectivity index (χ1n) is 9.52. The van der Waals surface area contributed by atoms with Crippen molar-refractivity contribution in [3.05, 3.63) is 35.4 Å². The second-order valence-corrected chi connectivity index (χ2v) is 6.64. The van der Waals surface area contributed by atoms with Crippen LogP contribution in [-0.2, 0) is 27.4 Å². The third-order valence-corrected chi connectivity index (χ3v) is 4.24. The van der Waals surface area contributed by atoms with Crippen molar-refractivity contribution in [1.29, 1.82) is 0 Å². The highest BCUT2D eigenvalue weighted by Gasteiger charge is 2.13. The fraction of sp³-hybridized carbons (Fsp3) is 0.650. The molecule has 0 aromatic heterocycles. The van der Waals surface area contributed by atoms with Crippen LogP contribution in [0.5, 0.6) is 0 Å². The van der Waals surface area contributed by atoms with Crippen molar-refractivity contribution in [2.75, 3.05) is 33.5 Å². The minimum atomic E-state index is 0. The molecule has 1 atom stereocenters. The van der Waals surface area contributed by atoms with E-state index in [2.05, 4.69) is 53.7 Å². The smallest absolute Gasteiger partial charge is 0.191 e. The Bertz CT molecular complexity index is 534. The van der Waals surface area contributed by atoms with Gasteiger partial charge in [0.2, 0.25) is 0 Å². The normalized spacial score (nSPS) is 16.5. The summed E-state index contributed by atoms with van der Waals surface area (Å²) in [6.45, 7) is 8.53. The van der Waals surface area contributed by atoms with Gasteiger partial charge >= 0.3 is 0 Å². The molecule has 1 fully saturated rings. The van der Waals surface area contributed by atoms with Crippen LogP contribution in [0.4, 0.5) is 0 Å². The van der Waals surface area contributed by atoms with Crippen LogP contribution in [0.2, 0.25) is 0 Å². The summed E-state index contributed by atoms with van der Waals surface area (Å²) >= 11 is 0. The molecule has 1 aromatic rings. The number of nitrogens with zero attached hydrogens (tertiary/aromatic N) is 1. The van der Waals surface area contributed by atoms with E-state index >= 15 is 0 Å². The van der Waals surface area contributed by atoms with Gasteiger partial charge in [0.1, 0.15) is 0 Å². The van der Waals surface area contributed by atoms with Gasteiger partial charge < -0.3 is 24.8 Å². The highest BCUT2D eigenvalue weighted by Crippen LogP contribution is 2.14. The van der Waals surface area contributed by atoms with Crippen LogP contribution in [0.15, 0.2) is 29.3 Å². The van der Waals surface area contributed by atoms with Crippen LogP contribution in [0.25, 0.3) is 0 Å². The zero-order chi connectivity index (χ0) is 18.6. The number of guanidine groups is 1. The van der Waals surface area contributed by atoms with E-state index in [0.717, 1.165) is 38.6 Å². The van der Waals surface area contributed by atoms with Gasteiger partial charge in [-0.3, -0.25) is 0 Å². The monoisotopic (exact) mass is 491 g/mol. The highest BCUT2D eigenvalue weighted by atomic mass is 127. The lowest BCUT2D eigenvalue weighted by atomic mass is 10.1. The van der Waals surface area contributed by atoms with Crippen molar-refractivity contribution in [2.45, 2.75) is 52.0 Å². The third kappa shape index (κ3) is 9.73. The van der Waals surface area contributed by atoms with Gasteiger partial charge in [0.05, 0.1) is 25.9 Å². The fourth-order valence-electron chi connectivity index (χ4n) is 2.81. The molecule has 0 saturated carbocycles. The Hall–Kier alpha value is -0.900. The van der Waals surface area contributed by atoms with Gasteiger partial charge in [0.25, 0.3) is 0 Å². The molecule has 2 rings (SSSR count). The molecule has 0 spiro atoms. The summed E-state index contributed by atoms with van der Waals surface area (Å²) in [4.78, 5) is 4.65. The number of rotatable bonds is 9. The number of hydrogen-bond acceptors (Lipinski definition) is 4. The second-order valence-electron chi connectivity index (χ2n) is 6.64. The third-order valence-electron chi connectivity index (χ3n) is 4.24. The SMILES string of the molecule is CCNC(=NCc1ccc(COC2CCOCC2)cc1)NC(C)COC.I. The molecule has 0 bridgehead atoms. The van der Waals surface area contributed by atoms with Crippen molar-refractivity contribution >= 4 is 29.9 Å². The lowest BCUT2D eigenvalue weighted by Gasteiger charge is -2.22. The van der Waals surface area contributed by atoms with E-state index in [9.17, 15) is 0 Å². The average molecular weight is 491 g/mol. The van der Waals surface area contributed by atoms with Crippen LogP contribution in [0, 0.1) is 0 Å². The van der Waals surface area contributed by atoms with Gasteiger partial charge in [-0.2, -0.15) is 0 Å². The summed E-state index contributed by atoms with van der Waals surface area (Å²) in [5.41, 5.74) is 2.37. The molecular formula is C20H34IN3O3. The standard InChI is InChI=1S/C20H33N3O3.HI/c1-4-21-20(23-16(2)14-24-3)22-13-17-5-7-18(8-6-17)15-26-19-9-11-25-12-10-19;/h5-8,16,19H,4,9-15H2,1-3H3,(H2,21,22,23);1H. The molecule has 2 N–H and O–H groups in total. The number of ether oxygens (including phenoxy) is 3. The summed E-state index contributed by atoms with van der Waals surface area (Å²) in [5.74, 6) is 0.809. The Kier molecular flexibility index (Phi) is 12.6. The largest absolute Gasteiger partial charge is 0.383 e. The maximum absolute atomic E-state index is 5.97. The first-order valence-corrected chi connectivity index (χ1v) is 9.52. The summed E-state index contributed by atoms with van der Waals surface area (Å²) in [7, 11) is 1.70.